The Morgan fingerprint density at radius 1 is 1.21 bits per heavy atom. The smallest absolute Gasteiger partial charge is 0.236 e. The van der Waals surface area contributed by atoms with Gasteiger partial charge in [0.1, 0.15) is 0 Å². The minimum Gasteiger partial charge on any atom is -0.354 e. The molecule has 0 aromatic heterocycles. The Kier molecular flexibility index (Phi) is 4.85. The maximum absolute atomic E-state index is 12.0. The predicted octanol–water partition coefficient (Wildman–Crippen LogP) is 1.36. The third-order valence-corrected chi connectivity index (χ3v) is 4.66. The van der Waals surface area contributed by atoms with Crippen molar-refractivity contribution in [3.8, 4) is 0 Å². The lowest BCUT2D eigenvalue weighted by molar-refractivity contribution is -0.123. The van der Waals surface area contributed by atoms with Crippen LogP contribution in [0.25, 0.3) is 0 Å². The van der Waals surface area contributed by atoms with Gasteiger partial charge in [-0.25, -0.2) is 0 Å². The molecule has 4 nitrogen and oxygen atoms in total. The average Bonchev–Trinajstić information content (AvgIpc) is 2.59. The van der Waals surface area contributed by atoms with Crippen molar-refractivity contribution >= 4 is 5.91 Å². The van der Waals surface area contributed by atoms with Gasteiger partial charge in [-0.3, -0.25) is 4.79 Å². The van der Waals surface area contributed by atoms with Crippen molar-refractivity contribution in [2.45, 2.75) is 70.6 Å². The van der Waals surface area contributed by atoms with Crippen LogP contribution < -0.4 is 10.6 Å². The number of nitrogens with zero attached hydrogens (tertiary/aromatic N) is 1. The first-order valence-corrected chi connectivity index (χ1v) is 7.73. The highest BCUT2D eigenvalue weighted by atomic mass is 16.2. The third-order valence-electron chi connectivity index (χ3n) is 4.66. The van der Waals surface area contributed by atoms with Gasteiger partial charge in [0.2, 0.25) is 5.91 Å². The molecule has 3 unspecified atom stereocenters. The number of nitrogens with one attached hydrogen (secondary N) is 2. The van der Waals surface area contributed by atoms with E-state index in [4.69, 9.17) is 0 Å². The van der Waals surface area contributed by atoms with E-state index in [1.54, 1.807) is 0 Å². The minimum atomic E-state index is -0.0773. The first-order chi connectivity index (χ1) is 8.97. The maximum atomic E-state index is 12.0. The van der Waals surface area contributed by atoms with Crippen LogP contribution >= 0.6 is 0 Å². The molecule has 2 N–H and O–H groups in total. The highest BCUT2D eigenvalue weighted by Gasteiger charge is 2.38. The summed E-state index contributed by atoms with van der Waals surface area (Å²) in [6.07, 6.45) is 5.03. The summed E-state index contributed by atoms with van der Waals surface area (Å²) in [7, 11) is 2.25. The van der Waals surface area contributed by atoms with Crippen molar-refractivity contribution in [2.24, 2.45) is 5.92 Å². The fraction of sp³-hybridized carbons (Fsp3) is 0.933. The van der Waals surface area contributed by atoms with Gasteiger partial charge in [-0.05, 0) is 45.6 Å². The SMILES string of the molecule is CC(C)CNC(=O)C(C)NC1CC2CCC(C1)N2C. The summed E-state index contributed by atoms with van der Waals surface area (Å²) in [5.41, 5.74) is 0. The summed E-state index contributed by atoms with van der Waals surface area (Å²) in [5.74, 6) is 0.648. The second-order valence-corrected chi connectivity index (χ2v) is 6.75. The quantitative estimate of drug-likeness (QED) is 0.790. The molecule has 2 fully saturated rings. The number of hydrogen-bond acceptors (Lipinski definition) is 3. The molecule has 2 rings (SSSR count). The van der Waals surface area contributed by atoms with E-state index in [-0.39, 0.29) is 11.9 Å². The van der Waals surface area contributed by atoms with Crippen LogP contribution in [0.2, 0.25) is 0 Å². The highest BCUT2D eigenvalue weighted by Crippen LogP contribution is 2.34. The van der Waals surface area contributed by atoms with E-state index < -0.39 is 0 Å². The summed E-state index contributed by atoms with van der Waals surface area (Å²) in [4.78, 5) is 14.5. The number of fused-ring (bicyclic) bond motifs is 2. The number of carbonyl (C=O) groups excluding carboxylic acids is 1. The summed E-state index contributed by atoms with van der Waals surface area (Å²) < 4.78 is 0. The molecule has 2 saturated heterocycles. The molecule has 0 radical (unpaired) electrons. The molecule has 3 atom stereocenters. The molecule has 4 heteroatoms. The zero-order chi connectivity index (χ0) is 14.0. The third kappa shape index (κ3) is 3.69. The molecule has 110 valence electrons. The largest absolute Gasteiger partial charge is 0.354 e. The lowest BCUT2D eigenvalue weighted by Gasteiger charge is -2.37. The first kappa shape index (κ1) is 14.8. The molecule has 19 heavy (non-hydrogen) atoms. The van der Waals surface area contributed by atoms with Crippen LogP contribution in [0.1, 0.15) is 46.5 Å². The van der Waals surface area contributed by atoms with Gasteiger partial charge in [-0.2, -0.15) is 0 Å². The summed E-state index contributed by atoms with van der Waals surface area (Å²) in [6.45, 7) is 6.99. The highest BCUT2D eigenvalue weighted by molar-refractivity contribution is 5.81. The normalized spacial score (nSPS) is 32.6. The van der Waals surface area contributed by atoms with Crippen LogP contribution in [-0.2, 0) is 4.79 Å². The summed E-state index contributed by atoms with van der Waals surface area (Å²) in [6, 6.07) is 1.88. The molecule has 0 aromatic carbocycles. The minimum absolute atomic E-state index is 0.0773. The number of rotatable bonds is 5. The van der Waals surface area contributed by atoms with Crippen LogP contribution in [0.5, 0.6) is 0 Å². The molecule has 2 heterocycles. The fourth-order valence-electron chi connectivity index (χ4n) is 3.43. The van der Waals surface area contributed by atoms with Gasteiger partial charge in [-0.1, -0.05) is 13.8 Å². The van der Waals surface area contributed by atoms with Crippen molar-refractivity contribution in [1.29, 1.82) is 0 Å². The van der Waals surface area contributed by atoms with Crippen molar-refractivity contribution in [3.05, 3.63) is 0 Å². The first-order valence-electron chi connectivity index (χ1n) is 7.73. The molecule has 0 spiro atoms. The Hall–Kier alpha value is -0.610. The van der Waals surface area contributed by atoms with E-state index in [1.807, 2.05) is 6.92 Å². The van der Waals surface area contributed by atoms with Crippen molar-refractivity contribution < 1.29 is 4.79 Å². The van der Waals surface area contributed by atoms with E-state index in [2.05, 4.69) is 36.4 Å². The van der Waals surface area contributed by atoms with Crippen LogP contribution in [0, 0.1) is 5.92 Å². The molecule has 0 saturated carbocycles. The Morgan fingerprint density at radius 3 is 2.32 bits per heavy atom. The maximum Gasteiger partial charge on any atom is 0.236 e. The van der Waals surface area contributed by atoms with Gasteiger partial charge < -0.3 is 15.5 Å². The van der Waals surface area contributed by atoms with E-state index >= 15 is 0 Å². The lowest BCUT2D eigenvalue weighted by atomic mass is 9.97. The van der Waals surface area contributed by atoms with E-state index in [1.165, 1.54) is 25.7 Å². The number of amides is 1. The van der Waals surface area contributed by atoms with Crippen LogP contribution in [-0.4, -0.2) is 48.6 Å². The van der Waals surface area contributed by atoms with Crippen LogP contribution in [0.4, 0.5) is 0 Å². The molecular formula is C15H29N3O. The summed E-state index contributed by atoms with van der Waals surface area (Å²) >= 11 is 0. The zero-order valence-electron chi connectivity index (χ0n) is 12.8. The van der Waals surface area contributed by atoms with Gasteiger partial charge in [0, 0.05) is 24.7 Å². The molecule has 0 aliphatic carbocycles. The fourth-order valence-corrected chi connectivity index (χ4v) is 3.43. The van der Waals surface area contributed by atoms with E-state index in [9.17, 15) is 4.79 Å². The van der Waals surface area contributed by atoms with Crippen molar-refractivity contribution in [3.63, 3.8) is 0 Å². The Bertz CT molecular complexity index is 305. The lowest BCUT2D eigenvalue weighted by Crippen LogP contribution is -2.53. The monoisotopic (exact) mass is 267 g/mol. The number of piperidine rings is 1. The molecule has 0 aromatic rings. The predicted molar refractivity (Wildman–Crippen MR) is 78.0 cm³/mol. The van der Waals surface area contributed by atoms with Gasteiger partial charge in [0.25, 0.3) is 0 Å². The van der Waals surface area contributed by atoms with Gasteiger partial charge in [0.05, 0.1) is 6.04 Å². The zero-order valence-corrected chi connectivity index (χ0v) is 12.8. The van der Waals surface area contributed by atoms with Crippen LogP contribution in [0.3, 0.4) is 0 Å². The standard InChI is InChI=1S/C15H29N3O/c1-10(2)9-16-15(19)11(3)17-12-7-13-5-6-14(8-12)18(13)4/h10-14,17H,5-9H2,1-4H3,(H,16,19). The number of carbonyl (C=O) groups is 1. The second-order valence-electron chi connectivity index (χ2n) is 6.75. The van der Waals surface area contributed by atoms with Gasteiger partial charge >= 0.3 is 0 Å². The van der Waals surface area contributed by atoms with Gasteiger partial charge in [0.15, 0.2) is 0 Å². The second kappa shape index (κ2) is 6.23. The van der Waals surface area contributed by atoms with E-state index in [0.717, 1.165) is 18.6 Å². The molecule has 2 bridgehead atoms. The Labute approximate surface area is 117 Å². The summed E-state index contributed by atoms with van der Waals surface area (Å²) in [5, 5.41) is 6.53. The molecule has 2 aliphatic rings. The Balaban J connectivity index is 1.77. The van der Waals surface area contributed by atoms with E-state index in [0.29, 0.717) is 12.0 Å². The topological polar surface area (TPSA) is 44.4 Å². The molecule has 2 aliphatic heterocycles. The van der Waals surface area contributed by atoms with Crippen molar-refractivity contribution in [2.75, 3.05) is 13.6 Å². The average molecular weight is 267 g/mol. The number of hydrogen-bond donors (Lipinski definition) is 2. The van der Waals surface area contributed by atoms with Crippen LogP contribution in [0.15, 0.2) is 0 Å². The van der Waals surface area contributed by atoms with Gasteiger partial charge in [-0.15, -0.1) is 0 Å². The van der Waals surface area contributed by atoms with Crippen molar-refractivity contribution in [1.82, 2.24) is 15.5 Å². The Morgan fingerprint density at radius 2 is 1.79 bits per heavy atom. The molecule has 1 amide bonds. The molecular weight excluding hydrogens is 238 g/mol.